The summed E-state index contributed by atoms with van der Waals surface area (Å²) in [5.41, 5.74) is 2.72. The molecule has 2 aromatic heterocycles. The van der Waals surface area contributed by atoms with Crippen molar-refractivity contribution in [3.05, 3.63) is 77.1 Å². The summed E-state index contributed by atoms with van der Waals surface area (Å²) in [6, 6.07) is 9.58. The normalized spacial score (nSPS) is 10.9. The van der Waals surface area contributed by atoms with Gasteiger partial charge in [0.1, 0.15) is 11.3 Å². The Morgan fingerprint density at radius 3 is 2.81 bits per heavy atom. The zero-order valence-corrected chi connectivity index (χ0v) is 14.9. The molecule has 2 heterocycles. The van der Waals surface area contributed by atoms with Crippen LogP contribution < -0.4 is 5.32 Å². The number of amides is 1. The van der Waals surface area contributed by atoms with Crippen LogP contribution in [0.1, 0.15) is 16.1 Å². The second kappa shape index (κ2) is 6.77. The average molecular weight is 382 g/mol. The highest BCUT2D eigenvalue weighted by Gasteiger charge is 2.17. The van der Waals surface area contributed by atoms with E-state index in [1.54, 1.807) is 16.8 Å². The molecule has 1 amide bonds. The fourth-order valence-corrected chi connectivity index (χ4v) is 2.99. The number of nitrogens with one attached hydrogen (secondary N) is 1. The number of benzene rings is 2. The first-order chi connectivity index (χ1) is 13.0. The first-order valence-electron chi connectivity index (χ1n) is 8.05. The van der Waals surface area contributed by atoms with E-state index >= 15 is 0 Å². The smallest absolute Gasteiger partial charge is 0.258 e. The van der Waals surface area contributed by atoms with E-state index in [-0.39, 0.29) is 5.56 Å². The van der Waals surface area contributed by atoms with Gasteiger partial charge in [-0.25, -0.2) is 9.07 Å². The van der Waals surface area contributed by atoms with Gasteiger partial charge in [0.05, 0.1) is 34.3 Å². The van der Waals surface area contributed by atoms with E-state index in [2.05, 4.69) is 20.4 Å². The molecule has 4 aromatic rings. The third kappa shape index (κ3) is 3.24. The molecule has 1 N–H and O–H groups in total. The van der Waals surface area contributed by atoms with Crippen molar-refractivity contribution >= 4 is 34.2 Å². The van der Waals surface area contributed by atoms with Crippen LogP contribution in [0.4, 0.5) is 10.1 Å². The molecule has 0 atom stereocenters. The highest BCUT2D eigenvalue weighted by molar-refractivity contribution is 6.30. The third-order valence-electron chi connectivity index (χ3n) is 4.09. The van der Waals surface area contributed by atoms with Gasteiger partial charge in [0.15, 0.2) is 0 Å². The van der Waals surface area contributed by atoms with E-state index in [0.29, 0.717) is 27.4 Å². The molecule has 0 saturated carbocycles. The Balaban J connectivity index is 1.69. The van der Waals surface area contributed by atoms with Crippen molar-refractivity contribution < 1.29 is 9.18 Å². The molecule has 0 saturated heterocycles. The molecule has 4 rings (SSSR count). The highest BCUT2D eigenvalue weighted by Crippen LogP contribution is 2.23. The second-order valence-electron chi connectivity index (χ2n) is 5.87. The number of carbonyl (C=O) groups is 1. The molecule has 0 spiro atoms. The lowest BCUT2D eigenvalue weighted by atomic mass is 10.1. The predicted octanol–water partition coefficient (Wildman–Crippen LogP) is 4.17. The van der Waals surface area contributed by atoms with Crippen molar-refractivity contribution in [3.8, 4) is 5.69 Å². The topological polar surface area (TPSA) is 72.7 Å². The van der Waals surface area contributed by atoms with E-state index in [1.165, 1.54) is 24.7 Å². The van der Waals surface area contributed by atoms with Gasteiger partial charge in [-0.3, -0.25) is 14.8 Å². The summed E-state index contributed by atoms with van der Waals surface area (Å²) in [7, 11) is 0. The molecule has 6 nitrogen and oxygen atoms in total. The fourth-order valence-electron chi connectivity index (χ4n) is 2.80. The minimum Gasteiger partial charge on any atom is -0.319 e. The molecule has 0 unspecified atom stereocenters. The van der Waals surface area contributed by atoms with Crippen LogP contribution in [0.3, 0.4) is 0 Å². The van der Waals surface area contributed by atoms with Crippen LogP contribution >= 0.6 is 11.6 Å². The zero-order chi connectivity index (χ0) is 19.0. The van der Waals surface area contributed by atoms with Crippen molar-refractivity contribution in [1.82, 2.24) is 19.7 Å². The number of hydrogen-bond donors (Lipinski definition) is 1. The number of aromatic nitrogens is 4. The third-order valence-corrected chi connectivity index (χ3v) is 4.33. The van der Waals surface area contributed by atoms with Crippen molar-refractivity contribution in [2.45, 2.75) is 6.92 Å². The lowest BCUT2D eigenvalue weighted by Crippen LogP contribution is -2.14. The van der Waals surface area contributed by atoms with Crippen LogP contribution in [0, 0.1) is 12.7 Å². The van der Waals surface area contributed by atoms with E-state index < -0.39 is 11.7 Å². The number of hydrogen-bond acceptors (Lipinski definition) is 4. The highest BCUT2D eigenvalue weighted by atomic mass is 35.5. The van der Waals surface area contributed by atoms with Gasteiger partial charge in [-0.05, 0) is 31.2 Å². The number of fused-ring (bicyclic) bond motifs is 1. The summed E-state index contributed by atoms with van der Waals surface area (Å²) in [5, 5.41) is 7.64. The van der Waals surface area contributed by atoms with Gasteiger partial charge in [0, 0.05) is 23.5 Å². The number of anilines is 1. The van der Waals surface area contributed by atoms with Crippen molar-refractivity contribution in [1.29, 1.82) is 0 Å². The molecule has 0 aliphatic heterocycles. The number of carbonyl (C=O) groups excluding carboxylic acids is 1. The fraction of sp³-hybridized carbons (Fsp3) is 0.0526. The minimum absolute atomic E-state index is 0.105. The SMILES string of the molecule is Cc1c(NC(=O)c2cc(F)cc3nccnc23)cnn1-c1cccc(Cl)c1. The standard InChI is InChI=1S/C19H13ClFN5O/c1-11-17(10-24-26(11)14-4-2-3-12(20)7-14)25-19(27)15-8-13(21)9-16-18(15)23-6-5-22-16/h2-10H,1H3,(H,25,27). The second-order valence-corrected chi connectivity index (χ2v) is 6.30. The van der Waals surface area contributed by atoms with E-state index in [0.717, 1.165) is 11.8 Å². The lowest BCUT2D eigenvalue weighted by Gasteiger charge is -2.08. The average Bonchev–Trinajstić information content (AvgIpc) is 3.01. The van der Waals surface area contributed by atoms with Gasteiger partial charge in [-0.2, -0.15) is 5.10 Å². The zero-order valence-electron chi connectivity index (χ0n) is 14.1. The Hall–Kier alpha value is -3.32. The molecule has 27 heavy (non-hydrogen) atoms. The van der Waals surface area contributed by atoms with E-state index in [4.69, 9.17) is 11.6 Å². The van der Waals surface area contributed by atoms with Crippen LogP contribution in [0.2, 0.25) is 5.02 Å². The van der Waals surface area contributed by atoms with Crippen molar-refractivity contribution in [2.24, 2.45) is 0 Å². The van der Waals surface area contributed by atoms with Crippen LogP contribution in [0.15, 0.2) is 55.0 Å². The van der Waals surface area contributed by atoms with Crippen LogP contribution in [-0.4, -0.2) is 25.7 Å². The monoisotopic (exact) mass is 381 g/mol. The Kier molecular flexibility index (Phi) is 4.29. The molecule has 134 valence electrons. The first-order valence-corrected chi connectivity index (χ1v) is 8.43. The summed E-state index contributed by atoms with van der Waals surface area (Å²) in [6.45, 7) is 1.81. The van der Waals surface area contributed by atoms with Crippen LogP contribution in [0.25, 0.3) is 16.7 Å². The van der Waals surface area contributed by atoms with E-state index in [1.807, 2.05) is 19.1 Å². The van der Waals surface area contributed by atoms with E-state index in [9.17, 15) is 9.18 Å². The van der Waals surface area contributed by atoms with Gasteiger partial charge in [0.2, 0.25) is 0 Å². The van der Waals surface area contributed by atoms with Crippen molar-refractivity contribution in [3.63, 3.8) is 0 Å². The molecule has 0 fully saturated rings. The lowest BCUT2D eigenvalue weighted by molar-refractivity contribution is 0.102. The summed E-state index contributed by atoms with van der Waals surface area (Å²) in [4.78, 5) is 20.9. The molecule has 2 aromatic carbocycles. The molecular weight excluding hydrogens is 369 g/mol. The van der Waals surface area contributed by atoms with Gasteiger partial charge in [0.25, 0.3) is 5.91 Å². The molecule has 0 radical (unpaired) electrons. The molecule has 0 aliphatic rings. The Morgan fingerprint density at radius 1 is 1.19 bits per heavy atom. The maximum atomic E-state index is 13.9. The summed E-state index contributed by atoms with van der Waals surface area (Å²) in [5.74, 6) is -1.05. The van der Waals surface area contributed by atoms with Crippen LogP contribution in [-0.2, 0) is 0 Å². The number of nitrogens with zero attached hydrogens (tertiary/aromatic N) is 4. The predicted molar refractivity (Wildman–Crippen MR) is 101 cm³/mol. The van der Waals surface area contributed by atoms with Crippen LogP contribution in [0.5, 0.6) is 0 Å². The molecular formula is C19H13ClFN5O. The minimum atomic E-state index is -0.556. The first kappa shape index (κ1) is 17.1. The number of rotatable bonds is 3. The quantitative estimate of drug-likeness (QED) is 0.578. The largest absolute Gasteiger partial charge is 0.319 e. The maximum absolute atomic E-state index is 13.9. The molecule has 0 bridgehead atoms. The van der Waals surface area contributed by atoms with Gasteiger partial charge < -0.3 is 5.32 Å². The summed E-state index contributed by atoms with van der Waals surface area (Å²) >= 11 is 6.03. The van der Waals surface area contributed by atoms with Gasteiger partial charge in [-0.15, -0.1) is 0 Å². The molecule has 0 aliphatic carbocycles. The van der Waals surface area contributed by atoms with Crippen molar-refractivity contribution in [2.75, 3.05) is 5.32 Å². The summed E-state index contributed by atoms with van der Waals surface area (Å²) in [6.07, 6.45) is 4.43. The Morgan fingerprint density at radius 2 is 2.00 bits per heavy atom. The van der Waals surface area contributed by atoms with Gasteiger partial charge in [-0.1, -0.05) is 17.7 Å². The Labute approximate surface area is 158 Å². The molecule has 8 heteroatoms. The number of halogens is 2. The maximum Gasteiger partial charge on any atom is 0.258 e. The Bertz CT molecular complexity index is 1170. The summed E-state index contributed by atoms with van der Waals surface area (Å²) < 4.78 is 15.5. The van der Waals surface area contributed by atoms with Gasteiger partial charge >= 0.3 is 0 Å².